The number of nitrogens with zero attached hydrogens (tertiary/aromatic N) is 2. The molecule has 2 aromatic rings. The van der Waals surface area contributed by atoms with Crippen LogP contribution in [0.5, 0.6) is 0 Å². The van der Waals surface area contributed by atoms with Crippen LogP contribution in [0.4, 0.5) is 10.1 Å². The maximum Gasteiger partial charge on any atom is 0.256 e. The summed E-state index contributed by atoms with van der Waals surface area (Å²) in [6.45, 7) is 3.32. The second-order valence-electron chi connectivity index (χ2n) is 6.03. The van der Waals surface area contributed by atoms with Gasteiger partial charge in [-0.2, -0.15) is 5.10 Å². The van der Waals surface area contributed by atoms with Crippen molar-refractivity contribution in [1.29, 1.82) is 0 Å². The Balaban J connectivity index is 0.00000225. The lowest BCUT2D eigenvalue weighted by Gasteiger charge is -2.34. The molecule has 1 fully saturated rings. The molecule has 1 aromatic carbocycles. The molecule has 2 N–H and O–H groups in total. The number of ether oxygens (including phenoxy) is 1. The normalized spacial score (nSPS) is 16.1. The van der Waals surface area contributed by atoms with Crippen LogP contribution in [-0.2, 0) is 9.53 Å². The van der Waals surface area contributed by atoms with Crippen molar-refractivity contribution in [2.75, 3.05) is 25.5 Å². The smallest absolute Gasteiger partial charge is 0.256 e. The minimum Gasteiger partial charge on any atom is -0.368 e. The number of methoxy groups -OCH3 is 1. The molecule has 1 aliphatic heterocycles. The fourth-order valence-corrected chi connectivity index (χ4v) is 2.91. The van der Waals surface area contributed by atoms with Gasteiger partial charge in [-0.25, -0.2) is 9.07 Å². The van der Waals surface area contributed by atoms with Gasteiger partial charge < -0.3 is 15.4 Å². The standard InChI is InChI=1S/C17H21FN4O2.ClH/c1-12-10-20-22(11-12)15-4-3-13(9-14(15)18)21-16(23)17(24-2)5-7-19-8-6-17;/h3-4,9-11,19H,5-8H2,1-2H3,(H,21,23);1H. The van der Waals surface area contributed by atoms with Gasteiger partial charge in [0.15, 0.2) is 5.82 Å². The molecule has 0 bridgehead atoms. The molecule has 1 amide bonds. The van der Waals surface area contributed by atoms with Crippen LogP contribution in [0.3, 0.4) is 0 Å². The highest BCUT2D eigenvalue weighted by Crippen LogP contribution is 2.25. The second kappa shape index (κ2) is 7.95. The number of anilines is 1. The molecule has 0 spiro atoms. The quantitative estimate of drug-likeness (QED) is 0.869. The number of carbonyl (C=O) groups is 1. The van der Waals surface area contributed by atoms with Crippen LogP contribution >= 0.6 is 12.4 Å². The van der Waals surface area contributed by atoms with Crippen LogP contribution in [0, 0.1) is 12.7 Å². The Morgan fingerprint density at radius 3 is 2.68 bits per heavy atom. The second-order valence-corrected chi connectivity index (χ2v) is 6.03. The van der Waals surface area contributed by atoms with Gasteiger partial charge in [-0.1, -0.05) is 0 Å². The average Bonchev–Trinajstić information content (AvgIpc) is 3.01. The molecule has 1 aromatic heterocycles. The predicted octanol–water partition coefficient (Wildman–Crippen LogP) is 2.45. The molecule has 0 aliphatic carbocycles. The van der Waals surface area contributed by atoms with Crippen LogP contribution in [0.25, 0.3) is 5.69 Å². The van der Waals surface area contributed by atoms with Gasteiger partial charge in [-0.15, -0.1) is 12.4 Å². The van der Waals surface area contributed by atoms with Gasteiger partial charge in [0.05, 0.1) is 6.20 Å². The zero-order valence-electron chi connectivity index (χ0n) is 14.2. The number of piperidine rings is 1. The minimum atomic E-state index is -0.862. The van der Waals surface area contributed by atoms with Crippen molar-refractivity contribution >= 4 is 24.0 Å². The first kappa shape index (κ1) is 19.4. The molecule has 0 radical (unpaired) electrons. The summed E-state index contributed by atoms with van der Waals surface area (Å²) in [6.07, 6.45) is 4.57. The summed E-state index contributed by atoms with van der Waals surface area (Å²) in [5, 5.41) is 10.1. The number of benzene rings is 1. The zero-order chi connectivity index (χ0) is 17.2. The minimum absolute atomic E-state index is 0. The first-order valence-corrected chi connectivity index (χ1v) is 7.93. The highest BCUT2D eigenvalue weighted by molar-refractivity contribution is 5.97. The lowest BCUT2D eigenvalue weighted by molar-refractivity contribution is -0.140. The van der Waals surface area contributed by atoms with Crippen molar-refractivity contribution in [2.45, 2.75) is 25.4 Å². The molecular weight excluding hydrogens is 347 g/mol. The lowest BCUT2D eigenvalue weighted by Crippen LogP contribution is -2.51. The number of rotatable bonds is 4. The summed E-state index contributed by atoms with van der Waals surface area (Å²) in [5.74, 6) is -0.693. The van der Waals surface area contributed by atoms with Crippen molar-refractivity contribution in [1.82, 2.24) is 15.1 Å². The summed E-state index contributed by atoms with van der Waals surface area (Å²) < 4.78 is 21.3. The molecule has 1 saturated heterocycles. The Kier molecular flexibility index (Phi) is 6.16. The topological polar surface area (TPSA) is 68.2 Å². The monoisotopic (exact) mass is 368 g/mol. The molecule has 8 heteroatoms. The fourth-order valence-electron chi connectivity index (χ4n) is 2.91. The summed E-state index contributed by atoms with van der Waals surface area (Å²) in [4.78, 5) is 12.6. The van der Waals surface area contributed by atoms with E-state index in [1.807, 2.05) is 6.92 Å². The van der Waals surface area contributed by atoms with Gasteiger partial charge in [-0.3, -0.25) is 4.79 Å². The van der Waals surface area contributed by atoms with E-state index in [0.29, 0.717) is 37.3 Å². The van der Waals surface area contributed by atoms with Crippen molar-refractivity contribution in [2.24, 2.45) is 0 Å². The number of aromatic nitrogens is 2. The molecule has 0 atom stereocenters. The lowest BCUT2D eigenvalue weighted by atomic mass is 9.91. The van der Waals surface area contributed by atoms with Crippen LogP contribution in [0.15, 0.2) is 30.6 Å². The number of amides is 1. The third-order valence-corrected chi connectivity index (χ3v) is 4.38. The molecular formula is C17H22ClFN4O2. The van der Waals surface area contributed by atoms with Crippen LogP contribution in [-0.4, -0.2) is 41.5 Å². The van der Waals surface area contributed by atoms with E-state index >= 15 is 0 Å². The average molecular weight is 369 g/mol. The third kappa shape index (κ3) is 4.00. The molecule has 3 rings (SSSR count). The van der Waals surface area contributed by atoms with Gasteiger partial charge in [0.2, 0.25) is 0 Å². The van der Waals surface area contributed by atoms with E-state index in [0.717, 1.165) is 5.56 Å². The molecule has 2 heterocycles. The largest absolute Gasteiger partial charge is 0.368 e. The number of hydrogen-bond acceptors (Lipinski definition) is 4. The Morgan fingerprint density at radius 2 is 2.12 bits per heavy atom. The third-order valence-electron chi connectivity index (χ3n) is 4.38. The number of carbonyl (C=O) groups excluding carboxylic acids is 1. The van der Waals surface area contributed by atoms with Crippen molar-refractivity contribution < 1.29 is 13.9 Å². The van der Waals surface area contributed by atoms with E-state index in [1.165, 1.54) is 17.9 Å². The van der Waals surface area contributed by atoms with E-state index in [9.17, 15) is 9.18 Å². The van der Waals surface area contributed by atoms with E-state index < -0.39 is 11.4 Å². The summed E-state index contributed by atoms with van der Waals surface area (Å²) >= 11 is 0. The molecule has 6 nitrogen and oxygen atoms in total. The van der Waals surface area contributed by atoms with Crippen LogP contribution in [0.1, 0.15) is 18.4 Å². The number of halogens is 2. The predicted molar refractivity (Wildman–Crippen MR) is 96.0 cm³/mol. The Bertz CT molecular complexity index is 744. The maximum atomic E-state index is 14.4. The Hall–Kier alpha value is -1.96. The molecule has 136 valence electrons. The van der Waals surface area contributed by atoms with Gasteiger partial charge in [-0.05, 0) is 56.6 Å². The SMILES string of the molecule is COC1(C(=O)Nc2ccc(-n3cc(C)cn3)c(F)c2)CCNCC1.Cl. The highest BCUT2D eigenvalue weighted by atomic mass is 35.5. The van der Waals surface area contributed by atoms with Gasteiger partial charge in [0, 0.05) is 19.0 Å². The Morgan fingerprint density at radius 1 is 1.40 bits per heavy atom. The van der Waals surface area contributed by atoms with E-state index in [-0.39, 0.29) is 18.3 Å². The summed E-state index contributed by atoms with van der Waals surface area (Å²) in [7, 11) is 1.54. The number of hydrogen-bond donors (Lipinski definition) is 2. The molecule has 0 saturated carbocycles. The first-order valence-electron chi connectivity index (χ1n) is 7.93. The first-order chi connectivity index (χ1) is 11.5. The summed E-state index contributed by atoms with van der Waals surface area (Å²) in [5.41, 5.74) is 0.823. The van der Waals surface area contributed by atoms with E-state index in [4.69, 9.17) is 4.74 Å². The van der Waals surface area contributed by atoms with Crippen LogP contribution < -0.4 is 10.6 Å². The van der Waals surface area contributed by atoms with Gasteiger partial charge in [0.25, 0.3) is 5.91 Å². The van der Waals surface area contributed by atoms with Crippen molar-refractivity contribution in [3.05, 3.63) is 42.0 Å². The number of aryl methyl sites for hydroxylation is 1. The fraction of sp³-hybridized carbons (Fsp3) is 0.412. The Labute approximate surface area is 152 Å². The highest BCUT2D eigenvalue weighted by Gasteiger charge is 2.39. The zero-order valence-corrected chi connectivity index (χ0v) is 15.0. The van der Waals surface area contributed by atoms with Crippen molar-refractivity contribution in [3.63, 3.8) is 0 Å². The maximum absolute atomic E-state index is 14.4. The molecule has 0 unspecified atom stereocenters. The van der Waals surface area contributed by atoms with Crippen molar-refractivity contribution in [3.8, 4) is 5.69 Å². The van der Waals surface area contributed by atoms with Gasteiger partial charge in [0.1, 0.15) is 11.3 Å². The summed E-state index contributed by atoms with van der Waals surface area (Å²) in [6, 6.07) is 4.56. The molecule has 25 heavy (non-hydrogen) atoms. The van der Waals surface area contributed by atoms with E-state index in [1.54, 1.807) is 24.5 Å². The van der Waals surface area contributed by atoms with Gasteiger partial charge >= 0.3 is 0 Å². The van der Waals surface area contributed by atoms with E-state index in [2.05, 4.69) is 15.7 Å². The molecule has 1 aliphatic rings. The number of nitrogens with one attached hydrogen (secondary N) is 2. The van der Waals surface area contributed by atoms with Crippen LogP contribution in [0.2, 0.25) is 0 Å².